The topological polar surface area (TPSA) is 70.1 Å². The van der Waals surface area contributed by atoms with E-state index in [1.54, 1.807) is 4.57 Å². The van der Waals surface area contributed by atoms with Crippen molar-refractivity contribution in [1.82, 2.24) is 14.5 Å². The Morgan fingerprint density at radius 3 is 2.53 bits per heavy atom. The predicted molar refractivity (Wildman–Crippen MR) is 108 cm³/mol. The molecule has 0 spiro atoms. The number of aromatic amines is 1. The van der Waals surface area contributed by atoms with Gasteiger partial charge in [0.15, 0.2) is 0 Å². The SMILES string of the molecule is O=C(Nc1ccc(Cl)c(C(F)(F)F)c1)N1CCC(n2c(=O)[nH]c3ccccc32)CC1. The minimum Gasteiger partial charge on any atom is -0.324 e. The van der Waals surface area contributed by atoms with E-state index in [9.17, 15) is 22.8 Å². The fourth-order valence-electron chi connectivity index (χ4n) is 3.79. The number of alkyl halides is 3. The zero-order valence-corrected chi connectivity index (χ0v) is 16.4. The summed E-state index contributed by atoms with van der Waals surface area (Å²) >= 11 is 5.61. The number of amides is 2. The zero-order valence-electron chi connectivity index (χ0n) is 15.7. The van der Waals surface area contributed by atoms with E-state index in [0.717, 1.165) is 23.2 Å². The second-order valence-corrected chi connectivity index (χ2v) is 7.57. The fraction of sp³-hybridized carbons (Fsp3) is 0.300. The van der Waals surface area contributed by atoms with E-state index in [0.29, 0.717) is 25.9 Å². The number of hydrogen-bond donors (Lipinski definition) is 2. The van der Waals surface area contributed by atoms with E-state index >= 15 is 0 Å². The summed E-state index contributed by atoms with van der Waals surface area (Å²) in [7, 11) is 0. The molecule has 1 aromatic heterocycles. The molecule has 1 aliphatic heterocycles. The molecule has 2 aromatic carbocycles. The summed E-state index contributed by atoms with van der Waals surface area (Å²) in [5.74, 6) is 0. The molecule has 158 valence electrons. The van der Waals surface area contributed by atoms with Crippen LogP contribution in [0.25, 0.3) is 11.0 Å². The Morgan fingerprint density at radius 1 is 1.13 bits per heavy atom. The first-order valence-electron chi connectivity index (χ1n) is 9.36. The van der Waals surface area contributed by atoms with Crippen LogP contribution in [0, 0.1) is 0 Å². The molecule has 2 N–H and O–H groups in total. The highest BCUT2D eigenvalue weighted by Gasteiger charge is 2.33. The maximum atomic E-state index is 13.0. The summed E-state index contributed by atoms with van der Waals surface area (Å²) in [6.45, 7) is 0.754. The van der Waals surface area contributed by atoms with Gasteiger partial charge in [0.25, 0.3) is 0 Å². The quantitative estimate of drug-likeness (QED) is 0.599. The van der Waals surface area contributed by atoms with Gasteiger partial charge in [-0.3, -0.25) is 4.57 Å². The number of benzene rings is 2. The molecule has 10 heteroatoms. The summed E-state index contributed by atoms with van der Waals surface area (Å²) in [4.78, 5) is 29.2. The van der Waals surface area contributed by atoms with E-state index in [4.69, 9.17) is 11.6 Å². The Bertz CT molecular complexity index is 1150. The lowest BCUT2D eigenvalue weighted by atomic mass is 10.0. The van der Waals surface area contributed by atoms with Gasteiger partial charge in [0.2, 0.25) is 0 Å². The number of imidazole rings is 1. The van der Waals surface area contributed by atoms with Gasteiger partial charge in [-0.05, 0) is 43.2 Å². The van der Waals surface area contributed by atoms with Gasteiger partial charge in [0.05, 0.1) is 21.6 Å². The Kier molecular flexibility index (Phi) is 5.23. The monoisotopic (exact) mass is 438 g/mol. The number of rotatable bonds is 2. The van der Waals surface area contributed by atoms with Gasteiger partial charge in [-0.15, -0.1) is 0 Å². The normalized spacial score (nSPS) is 15.5. The first kappa shape index (κ1) is 20.3. The van der Waals surface area contributed by atoms with Crippen molar-refractivity contribution in [2.24, 2.45) is 0 Å². The van der Waals surface area contributed by atoms with Crippen LogP contribution in [-0.2, 0) is 6.18 Å². The minimum absolute atomic E-state index is 0.0201. The lowest BCUT2D eigenvalue weighted by Crippen LogP contribution is -2.42. The maximum absolute atomic E-state index is 13.0. The zero-order chi connectivity index (χ0) is 21.5. The molecule has 30 heavy (non-hydrogen) atoms. The molecule has 0 saturated carbocycles. The van der Waals surface area contributed by atoms with E-state index in [1.807, 2.05) is 24.3 Å². The van der Waals surface area contributed by atoms with Crippen LogP contribution in [-0.4, -0.2) is 33.6 Å². The molecule has 2 amide bonds. The molecule has 0 radical (unpaired) electrons. The number of likely N-dealkylation sites (tertiary alicyclic amines) is 1. The van der Waals surface area contributed by atoms with Gasteiger partial charge < -0.3 is 15.2 Å². The first-order valence-corrected chi connectivity index (χ1v) is 9.74. The molecule has 0 aliphatic carbocycles. The van der Waals surface area contributed by atoms with Crippen LogP contribution in [0.15, 0.2) is 47.3 Å². The van der Waals surface area contributed by atoms with Crippen molar-refractivity contribution >= 4 is 34.4 Å². The summed E-state index contributed by atoms with van der Waals surface area (Å²) in [6.07, 6.45) is -3.49. The number of urea groups is 1. The Labute approximate surface area is 174 Å². The molecule has 1 aliphatic rings. The third kappa shape index (κ3) is 3.89. The van der Waals surface area contributed by atoms with Crippen LogP contribution >= 0.6 is 11.6 Å². The number of anilines is 1. The second kappa shape index (κ2) is 7.71. The summed E-state index contributed by atoms with van der Waals surface area (Å²) in [5, 5.41) is 2.07. The van der Waals surface area contributed by atoms with Crippen molar-refractivity contribution in [1.29, 1.82) is 0 Å². The maximum Gasteiger partial charge on any atom is 0.417 e. The summed E-state index contributed by atoms with van der Waals surface area (Å²) < 4.78 is 40.7. The smallest absolute Gasteiger partial charge is 0.324 e. The molecule has 1 saturated heterocycles. The third-order valence-corrected chi connectivity index (χ3v) is 5.59. The lowest BCUT2D eigenvalue weighted by molar-refractivity contribution is -0.137. The molecule has 1 fully saturated rings. The van der Waals surface area contributed by atoms with Crippen LogP contribution in [0.2, 0.25) is 5.02 Å². The van der Waals surface area contributed by atoms with Crippen molar-refractivity contribution in [3.8, 4) is 0 Å². The number of hydrogen-bond acceptors (Lipinski definition) is 2. The molecule has 6 nitrogen and oxygen atoms in total. The van der Waals surface area contributed by atoms with E-state index < -0.39 is 22.8 Å². The number of halogens is 4. The van der Waals surface area contributed by atoms with Crippen molar-refractivity contribution < 1.29 is 18.0 Å². The van der Waals surface area contributed by atoms with Crippen molar-refractivity contribution in [3.05, 3.63) is 63.5 Å². The first-order chi connectivity index (χ1) is 14.2. The minimum atomic E-state index is -4.61. The standard InChI is InChI=1S/C20H18ClF3N4O2/c21-15-6-5-12(11-14(15)20(22,23)24)25-18(29)27-9-7-13(8-10-27)28-17-4-2-1-3-16(17)26-19(28)30/h1-6,11,13H,7-10H2,(H,25,29)(H,26,30). The highest BCUT2D eigenvalue weighted by atomic mass is 35.5. The Hall–Kier alpha value is -2.94. The van der Waals surface area contributed by atoms with E-state index in [-0.39, 0.29) is 17.4 Å². The largest absolute Gasteiger partial charge is 0.417 e. The lowest BCUT2D eigenvalue weighted by Gasteiger charge is -2.32. The van der Waals surface area contributed by atoms with Crippen molar-refractivity contribution in [3.63, 3.8) is 0 Å². The number of carbonyl (C=O) groups is 1. The van der Waals surface area contributed by atoms with Gasteiger partial charge in [0, 0.05) is 24.8 Å². The molecular weight excluding hydrogens is 421 g/mol. The van der Waals surface area contributed by atoms with Gasteiger partial charge in [-0.2, -0.15) is 13.2 Å². The molecule has 3 aromatic rings. The van der Waals surface area contributed by atoms with Crippen LogP contribution in [0.1, 0.15) is 24.4 Å². The molecule has 2 heterocycles. The molecule has 0 unspecified atom stereocenters. The Morgan fingerprint density at radius 2 is 1.83 bits per heavy atom. The van der Waals surface area contributed by atoms with Crippen molar-refractivity contribution in [2.45, 2.75) is 25.1 Å². The number of fused-ring (bicyclic) bond motifs is 1. The number of carbonyl (C=O) groups excluding carboxylic acids is 1. The summed E-state index contributed by atoms with van der Waals surface area (Å²) in [6, 6.07) is 10.1. The molecule has 0 bridgehead atoms. The number of H-pyrrole nitrogens is 1. The third-order valence-electron chi connectivity index (χ3n) is 5.26. The summed E-state index contributed by atoms with van der Waals surface area (Å²) in [5.41, 5.74) is 0.392. The Balaban J connectivity index is 1.44. The van der Waals surface area contributed by atoms with Crippen molar-refractivity contribution in [2.75, 3.05) is 18.4 Å². The average Bonchev–Trinajstić information content (AvgIpc) is 3.04. The highest BCUT2D eigenvalue weighted by Crippen LogP contribution is 2.36. The number of nitrogens with zero attached hydrogens (tertiary/aromatic N) is 2. The van der Waals surface area contributed by atoms with Crippen LogP contribution in [0.3, 0.4) is 0 Å². The second-order valence-electron chi connectivity index (χ2n) is 7.16. The fourth-order valence-corrected chi connectivity index (χ4v) is 4.01. The van der Waals surface area contributed by atoms with Crippen LogP contribution in [0.4, 0.5) is 23.7 Å². The average molecular weight is 439 g/mol. The number of aromatic nitrogens is 2. The number of para-hydroxylation sites is 2. The number of piperidine rings is 1. The highest BCUT2D eigenvalue weighted by molar-refractivity contribution is 6.31. The predicted octanol–water partition coefficient (Wildman–Crippen LogP) is 4.87. The van der Waals surface area contributed by atoms with Gasteiger partial charge in [0.1, 0.15) is 0 Å². The van der Waals surface area contributed by atoms with Gasteiger partial charge in [-0.1, -0.05) is 23.7 Å². The van der Waals surface area contributed by atoms with Gasteiger partial charge >= 0.3 is 17.9 Å². The van der Waals surface area contributed by atoms with Crippen LogP contribution < -0.4 is 11.0 Å². The van der Waals surface area contributed by atoms with Crippen LogP contribution in [0.5, 0.6) is 0 Å². The molecule has 0 atom stereocenters. The molecule has 4 rings (SSSR count). The van der Waals surface area contributed by atoms with E-state index in [1.165, 1.54) is 11.0 Å². The molecular formula is C20H18ClF3N4O2. The van der Waals surface area contributed by atoms with E-state index in [2.05, 4.69) is 10.3 Å². The number of nitrogens with one attached hydrogen (secondary N) is 2. The van der Waals surface area contributed by atoms with Gasteiger partial charge in [-0.25, -0.2) is 9.59 Å².